The van der Waals surface area contributed by atoms with Crippen LogP contribution in [0.3, 0.4) is 0 Å². The summed E-state index contributed by atoms with van der Waals surface area (Å²) in [7, 11) is 0. The van der Waals surface area contributed by atoms with E-state index in [9.17, 15) is 62.9 Å². The van der Waals surface area contributed by atoms with Gasteiger partial charge >= 0.3 is 24.7 Å². The Morgan fingerprint density at radius 1 is 0.675 bits per heavy atom. The smallest absolute Gasteiger partial charge is 0.374 e. The maximum absolute atomic E-state index is 12.7. The Kier molecular flexibility index (Phi) is 10.3. The fraction of sp³-hybridized carbons (Fsp3) is 1.00. The summed E-state index contributed by atoms with van der Waals surface area (Å²) in [6.07, 6.45) is -22.1. The lowest BCUT2D eigenvalue weighted by Crippen LogP contribution is -2.62. The predicted molar refractivity (Wildman–Crippen MR) is 122 cm³/mol. The molecule has 14 heteroatoms. The van der Waals surface area contributed by atoms with Gasteiger partial charge in [-0.3, -0.25) is 0 Å². The van der Waals surface area contributed by atoms with Crippen LogP contribution in [0, 0.1) is 47.3 Å². The first-order valence-corrected chi connectivity index (χ1v) is 13.5. The summed E-state index contributed by atoms with van der Waals surface area (Å²) in [4.78, 5) is 0. The third kappa shape index (κ3) is 6.51. The number of alkyl halides is 12. The van der Waals surface area contributed by atoms with Crippen molar-refractivity contribution in [3.8, 4) is 0 Å². The topological polar surface area (TPSA) is 40.5 Å². The molecule has 6 unspecified atom stereocenters. The zero-order valence-electron chi connectivity index (χ0n) is 22.7. The molecule has 0 aromatic rings. The second-order valence-electron chi connectivity index (χ2n) is 12.2. The SMILES string of the molecule is CC1C2CC(CC(O)(C(F)(F)F)C(F)(F)F)C(C2)C1C.CCC(C)C1CCC(C(O)(C(F)(F)F)C(F)(F)F)CC1. The minimum Gasteiger partial charge on any atom is -0.374 e. The molecule has 0 amide bonds. The molecule has 0 spiro atoms. The summed E-state index contributed by atoms with van der Waals surface area (Å²) < 4.78 is 153. The van der Waals surface area contributed by atoms with Crippen molar-refractivity contribution in [2.45, 2.75) is 115 Å². The highest BCUT2D eigenvalue weighted by molar-refractivity contribution is 5.04. The average Bonchev–Trinajstić information content (AvgIpc) is 3.34. The highest BCUT2D eigenvalue weighted by Gasteiger charge is 2.74. The van der Waals surface area contributed by atoms with Crippen LogP contribution >= 0.6 is 0 Å². The summed E-state index contributed by atoms with van der Waals surface area (Å²) in [6, 6.07) is 0. The molecule has 6 atom stereocenters. The zero-order chi connectivity index (χ0) is 31.3. The maximum atomic E-state index is 12.7. The first-order chi connectivity index (χ1) is 17.8. The van der Waals surface area contributed by atoms with Gasteiger partial charge in [-0.15, -0.1) is 0 Å². The van der Waals surface area contributed by atoms with E-state index in [-0.39, 0.29) is 42.4 Å². The minimum absolute atomic E-state index is 0.115. The molecule has 40 heavy (non-hydrogen) atoms. The molecule has 3 aliphatic rings. The molecule has 238 valence electrons. The Hall–Kier alpha value is -0.920. The summed E-state index contributed by atoms with van der Waals surface area (Å²) >= 11 is 0. The lowest BCUT2D eigenvalue weighted by Gasteiger charge is -2.42. The van der Waals surface area contributed by atoms with E-state index in [1.807, 2.05) is 27.7 Å². The molecule has 0 radical (unpaired) electrons. The molecule has 2 bridgehead atoms. The van der Waals surface area contributed by atoms with E-state index < -0.39 is 54.2 Å². The Morgan fingerprint density at radius 2 is 1.12 bits per heavy atom. The van der Waals surface area contributed by atoms with E-state index in [4.69, 9.17) is 0 Å². The van der Waals surface area contributed by atoms with Crippen LogP contribution in [-0.2, 0) is 0 Å². The van der Waals surface area contributed by atoms with Crippen molar-refractivity contribution in [1.29, 1.82) is 0 Å². The molecule has 3 saturated carbocycles. The predicted octanol–water partition coefficient (Wildman–Crippen LogP) is 8.86. The number of fused-ring (bicyclic) bond motifs is 2. The van der Waals surface area contributed by atoms with Gasteiger partial charge in [0.25, 0.3) is 11.2 Å². The van der Waals surface area contributed by atoms with Gasteiger partial charge < -0.3 is 10.2 Å². The van der Waals surface area contributed by atoms with Crippen molar-refractivity contribution in [2.75, 3.05) is 0 Å². The van der Waals surface area contributed by atoms with Gasteiger partial charge in [0.05, 0.1) is 0 Å². The number of aliphatic hydroxyl groups is 2. The van der Waals surface area contributed by atoms with Gasteiger partial charge in [-0.05, 0) is 86.4 Å². The summed E-state index contributed by atoms with van der Waals surface area (Å²) in [5, 5.41) is 18.6. The third-order valence-electron chi connectivity index (χ3n) is 10.2. The lowest BCUT2D eigenvalue weighted by molar-refractivity contribution is -0.387. The summed E-state index contributed by atoms with van der Waals surface area (Å²) in [5.74, 6) is -1.60. The van der Waals surface area contributed by atoms with Crippen LogP contribution in [0.25, 0.3) is 0 Å². The quantitative estimate of drug-likeness (QED) is 0.306. The molecular weight excluding hydrogens is 572 g/mol. The van der Waals surface area contributed by atoms with Gasteiger partial charge in [0.2, 0.25) is 0 Å². The van der Waals surface area contributed by atoms with Gasteiger partial charge in [0.1, 0.15) is 0 Å². The number of rotatable bonds is 5. The zero-order valence-corrected chi connectivity index (χ0v) is 22.7. The van der Waals surface area contributed by atoms with Gasteiger partial charge in [0.15, 0.2) is 0 Å². The Bertz CT molecular complexity index is 794. The van der Waals surface area contributed by atoms with Crippen molar-refractivity contribution in [1.82, 2.24) is 0 Å². The van der Waals surface area contributed by atoms with Gasteiger partial charge in [-0.1, -0.05) is 34.1 Å². The molecule has 0 aliphatic heterocycles. The number of hydrogen-bond acceptors (Lipinski definition) is 2. The average molecular weight is 611 g/mol. The molecule has 3 rings (SSSR count). The molecule has 3 aliphatic carbocycles. The van der Waals surface area contributed by atoms with Crippen LogP contribution < -0.4 is 0 Å². The van der Waals surface area contributed by atoms with Crippen LogP contribution in [0.4, 0.5) is 52.7 Å². The molecule has 0 heterocycles. The van der Waals surface area contributed by atoms with Crippen molar-refractivity contribution >= 4 is 0 Å². The van der Waals surface area contributed by atoms with E-state index in [1.165, 1.54) is 0 Å². The molecule has 3 fully saturated rings. The van der Waals surface area contributed by atoms with Crippen LogP contribution in [0.5, 0.6) is 0 Å². The van der Waals surface area contributed by atoms with Crippen molar-refractivity contribution in [3.05, 3.63) is 0 Å². The Morgan fingerprint density at radius 3 is 1.45 bits per heavy atom. The first kappa shape index (κ1) is 35.3. The fourth-order valence-electron chi connectivity index (χ4n) is 7.16. The molecule has 2 nitrogen and oxygen atoms in total. The summed E-state index contributed by atoms with van der Waals surface area (Å²) in [5.41, 5.74) is -9.17. The molecule has 0 saturated heterocycles. The molecule has 0 aromatic heterocycles. The standard InChI is InChI=1S/C13H18F6O.C13H20F6O/c1-6-7(2)10-4-8(6)3-9(10)5-11(20,12(14,15)16)13(17,18)19;1-3-8(2)9-4-6-10(7-5-9)11(20,12(14,15)16)13(17,18)19/h6-10,20H,3-5H2,1-2H3;8-10,20H,3-7H2,1-2H3. The Labute approximate surface area is 225 Å². The van der Waals surface area contributed by atoms with E-state index in [2.05, 4.69) is 0 Å². The molecule has 2 N–H and O–H groups in total. The van der Waals surface area contributed by atoms with Gasteiger partial charge in [0, 0.05) is 5.92 Å². The third-order valence-corrected chi connectivity index (χ3v) is 10.2. The molecule has 0 aromatic carbocycles. The van der Waals surface area contributed by atoms with E-state index in [0.717, 1.165) is 6.42 Å². The van der Waals surface area contributed by atoms with Crippen LogP contribution in [0.1, 0.15) is 79.1 Å². The molecular formula is C26H38F12O2. The van der Waals surface area contributed by atoms with Gasteiger partial charge in [-0.25, -0.2) is 0 Å². The van der Waals surface area contributed by atoms with Crippen LogP contribution in [0.2, 0.25) is 0 Å². The maximum Gasteiger partial charge on any atom is 0.426 e. The van der Waals surface area contributed by atoms with E-state index >= 15 is 0 Å². The largest absolute Gasteiger partial charge is 0.426 e. The normalized spacial score (nSPS) is 33.0. The fourth-order valence-corrected chi connectivity index (χ4v) is 7.16. The second kappa shape index (κ2) is 11.6. The van der Waals surface area contributed by atoms with Crippen LogP contribution in [-0.4, -0.2) is 46.1 Å². The Balaban J connectivity index is 0.000000280. The van der Waals surface area contributed by atoms with Crippen molar-refractivity contribution in [3.63, 3.8) is 0 Å². The van der Waals surface area contributed by atoms with Crippen LogP contribution in [0.15, 0.2) is 0 Å². The number of halogens is 12. The van der Waals surface area contributed by atoms with Gasteiger partial charge in [-0.2, -0.15) is 52.7 Å². The monoisotopic (exact) mass is 610 g/mol. The highest BCUT2D eigenvalue weighted by Crippen LogP contribution is 2.59. The summed E-state index contributed by atoms with van der Waals surface area (Å²) in [6.45, 7) is 7.76. The minimum atomic E-state index is -5.70. The first-order valence-electron chi connectivity index (χ1n) is 13.5. The highest BCUT2D eigenvalue weighted by atomic mass is 19.4. The van der Waals surface area contributed by atoms with Crippen molar-refractivity contribution < 1.29 is 62.9 Å². The van der Waals surface area contributed by atoms with E-state index in [1.54, 1.807) is 0 Å². The number of hydrogen-bond donors (Lipinski definition) is 2. The van der Waals surface area contributed by atoms with Crippen molar-refractivity contribution in [2.24, 2.45) is 47.3 Å². The second-order valence-corrected chi connectivity index (χ2v) is 12.2. The lowest BCUT2D eigenvalue weighted by atomic mass is 9.69. The van der Waals surface area contributed by atoms with E-state index in [0.29, 0.717) is 31.6 Å².